The van der Waals surface area contributed by atoms with Crippen LogP contribution in [0.25, 0.3) is 10.2 Å². The first-order valence-electron chi connectivity index (χ1n) is 12.5. The van der Waals surface area contributed by atoms with Crippen molar-refractivity contribution in [3.05, 3.63) is 89.5 Å². The van der Waals surface area contributed by atoms with Gasteiger partial charge in [0.15, 0.2) is 10.9 Å². The fraction of sp³-hybridized carbons (Fsp3) is 0.286. The molecular formula is C28H27F2N3O3S2. The van der Waals surface area contributed by atoms with E-state index in [0.717, 1.165) is 48.6 Å². The molecule has 10 heteroatoms. The molecule has 0 saturated carbocycles. The lowest BCUT2D eigenvalue weighted by Crippen LogP contribution is -2.43. The molecule has 0 radical (unpaired) electrons. The number of rotatable bonds is 7. The van der Waals surface area contributed by atoms with Crippen molar-refractivity contribution in [3.8, 4) is 0 Å². The smallest absolute Gasteiger partial charge is 0.260 e. The van der Waals surface area contributed by atoms with Gasteiger partial charge in [0.25, 0.3) is 5.91 Å². The number of benzene rings is 3. The fourth-order valence-electron chi connectivity index (χ4n) is 4.81. The summed E-state index contributed by atoms with van der Waals surface area (Å²) in [6.45, 7) is 2.63. The molecule has 5 rings (SSSR count). The van der Waals surface area contributed by atoms with Crippen LogP contribution in [0.4, 0.5) is 13.9 Å². The summed E-state index contributed by atoms with van der Waals surface area (Å²) in [7, 11) is -3.69. The van der Waals surface area contributed by atoms with Gasteiger partial charge in [-0.3, -0.25) is 9.69 Å². The minimum absolute atomic E-state index is 0.00860. The van der Waals surface area contributed by atoms with E-state index < -0.39 is 27.6 Å². The van der Waals surface area contributed by atoms with E-state index in [2.05, 4.69) is 4.98 Å². The van der Waals surface area contributed by atoms with Crippen molar-refractivity contribution in [2.45, 2.75) is 50.1 Å². The van der Waals surface area contributed by atoms with Crippen molar-refractivity contribution in [2.24, 2.45) is 0 Å². The molecule has 1 saturated heterocycles. The summed E-state index contributed by atoms with van der Waals surface area (Å²) in [6.07, 6.45) is 3.43. The minimum Gasteiger partial charge on any atom is -0.279 e. The summed E-state index contributed by atoms with van der Waals surface area (Å²) in [4.78, 5) is 19.6. The first-order valence-corrected chi connectivity index (χ1v) is 14.8. The van der Waals surface area contributed by atoms with Crippen LogP contribution in [0.5, 0.6) is 0 Å². The Morgan fingerprint density at radius 1 is 1.08 bits per heavy atom. The zero-order valence-electron chi connectivity index (χ0n) is 20.8. The first kappa shape index (κ1) is 26.4. The van der Waals surface area contributed by atoms with Crippen LogP contribution in [-0.4, -0.2) is 36.2 Å². The second-order valence-corrected chi connectivity index (χ2v) is 12.2. The molecule has 3 aromatic carbocycles. The van der Waals surface area contributed by atoms with E-state index in [4.69, 9.17) is 0 Å². The third-order valence-electron chi connectivity index (χ3n) is 6.81. The molecule has 198 valence electrons. The molecule has 0 spiro atoms. The van der Waals surface area contributed by atoms with Crippen molar-refractivity contribution in [3.63, 3.8) is 0 Å². The number of carbonyl (C=O) groups excluding carboxylic acids is 1. The van der Waals surface area contributed by atoms with Crippen LogP contribution >= 0.6 is 11.3 Å². The summed E-state index contributed by atoms with van der Waals surface area (Å²) in [5.41, 5.74) is 1.07. The number of fused-ring (bicyclic) bond motifs is 1. The zero-order chi connectivity index (χ0) is 26.9. The number of nitrogens with zero attached hydrogens (tertiary/aromatic N) is 3. The number of carbonyl (C=O) groups is 1. The number of hydrogen-bond acceptors (Lipinski definition) is 5. The number of aromatic nitrogens is 1. The minimum atomic E-state index is -3.69. The highest BCUT2D eigenvalue weighted by atomic mass is 32.2. The van der Waals surface area contributed by atoms with Gasteiger partial charge in [0.2, 0.25) is 10.0 Å². The SMILES string of the molecule is CCC1CCCCN1S(=O)(=O)c1ccc(C(=O)N(Cc2ccccc2)c2nc3c(F)cc(F)cc3s2)cc1. The van der Waals surface area contributed by atoms with Crippen molar-refractivity contribution >= 4 is 42.6 Å². The van der Waals surface area contributed by atoms with Gasteiger partial charge in [-0.2, -0.15) is 4.31 Å². The molecule has 1 fully saturated rings. The number of amides is 1. The maximum Gasteiger partial charge on any atom is 0.260 e. The van der Waals surface area contributed by atoms with Gasteiger partial charge in [-0.1, -0.05) is 55.0 Å². The Bertz CT molecular complexity index is 1560. The standard InChI is InChI=1S/C28H27F2N3O3S2/c1-2-22-10-6-7-15-33(22)38(35,36)23-13-11-20(12-14-23)27(34)32(18-19-8-4-3-5-9-19)28-31-26-24(30)16-21(29)17-25(26)37-28/h3-5,8-9,11-14,16-17,22H,2,6-7,10,15,18H2,1H3. The Morgan fingerprint density at radius 2 is 1.82 bits per heavy atom. The quantitative estimate of drug-likeness (QED) is 0.266. The highest BCUT2D eigenvalue weighted by molar-refractivity contribution is 7.89. The lowest BCUT2D eigenvalue weighted by atomic mass is 10.0. The van der Waals surface area contributed by atoms with Crippen LogP contribution in [0.2, 0.25) is 0 Å². The molecule has 1 unspecified atom stereocenters. The number of anilines is 1. The van der Waals surface area contributed by atoms with Gasteiger partial charge in [0.05, 0.1) is 16.1 Å². The van der Waals surface area contributed by atoms with Gasteiger partial charge in [-0.25, -0.2) is 22.2 Å². The molecule has 1 aliphatic heterocycles. The average molecular weight is 556 g/mol. The molecule has 0 N–H and O–H groups in total. The first-order chi connectivity index (χ1) is 18.3. The van der Waals surface area contributed by atoms with E-state index in [1.807, 2.05) is 37.3 Å². The fourth-order valence-corrected chi connectivity index (χ4v) is 7.58. The van der Waals surface area contributed by atoms with Crippen molar-refractivity contribution in [1.82, 2.24) is 9.29 Å². The van der Waals surface area contributed by atoms with Crippen LogP contribution in [0.1, 0.15) is 48.5 Å². The third kappa shape index (κ3) is 5.21. The predicted octanol–water partition coefficient (Wildman–Crippen LogP) is 6.37. The van der Waals surface area contributed by atoms with Gasteiger partial charge in [-0.05, 0) is 55.2 Å². The topological polar surface area (TPSA) is 70.6 Å². The van der Waals surface area contributed by atoms with Gasteiger partial charge in [0.1, 0.15) is 11.3 Å². The Labute approximate surface area is 224 Å². The highest BCUT2D eigenvalue weighted by Crippen LogP contribution is 2.33. The highest BCUT2D eigenvalue weighted by Gasteiger charge is 2.32. The Balaban J connectivity index is 1.48. The number of sulfonamides is 1. The van der Waals surface area contributed by atoms with Crippen molar-refractivity contribution in [2.75, 3.05) is 11.4 Å². The van der Waals surface area contributed by atoms with Crippen LogP contribution in [-0.2, 0) is 16.6 Å². The molecule has 0 bridgehead atoms. The Hall–Kier alpha value is -3.21. The predicted molar refractivity (Wildman–Crippen MR) is 145 cm³/mol. The van der Waals surface area contributed by atoms with Crippen LogP contribution in [0, 0.1) is 11.6 Å². The van der Waals surface area contributed by atoms with E-state index >= 15 is 0 Å². The van der Waals surface area contributed by atoms with Gasteiger partial charge >= 0.3 is 0 Å². The van der Waals surface area contributed by atoms with E-state index in [9.17, 15) is 22.0 Å². The van der Waals surface area contributed by atoms with Gasteiger partial charge < -0.3 is 0 Å². The molecule has 6 nitrogen and oxygen atoms in total. The molecule has 1 amide bonds. The summed E-state index contributed by atoms with van der Waals surface area (Å²) < 4.78 is 56.7. The van der Waals surface area contributed by atoms with E-state index in [0.29, 0.717) is 6.54 Å². The lowest BCUT2D eigenvalue weighted by molar-refractivity contribution is 0.0985. The van der Waals surface area contributed by atoms with Crippen LogP contribution in [0.15, 0.2) is 71.6 Å². The Kier molecular flexibility index (Phi) is 7.56. The largest absolute Gasteiger partial charge is 0.279 e. The number of hydrogen-bond donors (Lipinski definition) is 0. The third-order valence-corrected chi connectivity index (χ3v) is 9.81. The molecule has 38 heavy (non-hydrogen) atoms. The maximum atomic E-state index is 14.4. The summed E-state index contributed by atoms with van der Waals surface area (Å²) >= 11 is 1.02. The molecule has 4 aromatic rings. The maximum absolute atomic E-state index is 14.4. The number of thiazole rings is 1. The molecule has 0 aliphatic carbocycles. The Morgan fingerprint density at radius 3 is 2.53 bits per heavy atom. The van der Waals surface area contributed by atoms with Crippen molar-refractivity contribution < 1.29 is 22.0 Å². The molecule has 1 atom stereocenters. The summed E-state index contributed by atoms with van der Waals surface area (Å²) in [6, 6.07) is 17.1. The normalized spacial score (nSPS) is 16.6. The van der Waals surface area contributed by atoms with Crippen LogP contribution < -0.4 is 4.90 Å². The molecule has 2 heterocycles. The molecule has 1 aliphatic rings. The lowest BCUT2D eigenvalue weighted by Gasteiger charge is -2.34. The monoisotopic (exact) mass is 555 g/mol. The zero-order valence-corrected chi connectivity index (χ0v) is 22.4. The van der Waals surface area contributed by atoms with E-state index in [-0.39, 0.29) is 38.4 Å². The van der Waals surface area contributed by atoms with Crippen LogP contribution in [0.3, 0.4) is 0 Å². The van der Waals surface area contributed by atoms with E-state index in [1.165, 1.54) is 35.2 Å². The molecular weight excluding hydrogens is 528 g/mol. The number of halogens is 2. The summed E-state index contributed by atoms with van der Waals surface area (Å²) in [5, 5.41) is 0.217. The van der Waals surface area contributed by atoms with Crippen molar-refractivity contribution in [1.29, 1.82) is 0 Å². The van der Waals surface area contributed by atoms with Gasteiger partial charge in [0, 0.05) is 24.2 Å². The van der Waals surface area contributed by atoms with E-state index in [1.54, 1.807) is 4.31 Å². The second-order valence-electron chi connectivity index (χ2n) is 9.31. The molecule has 1 aromatic heterocycles. The van der Waals surface area contributed by atoms with Gasteiger partial charge in [-0.15, -0.1) is 0 Å². The second kappa shape index (κ2) is 10.9. The summed E-state index contributed by atoms with van der Waals surface area (Å²) in [5.74, 6) is -1.95. The number of piperidine rings is 1. The average Bonchev–Trinajstić information content (AvgIpc) is 3.36.